The van der Waals surface area contributed by atoms with E-state index in [1.807, 2.05) is 13.8 Å². The van der Waals surface area contributed by atoms with Crippen molar-refractivity contribution in [2.75, 3.05) is 0 Å². The van der Waals surface area contributed by atoms with E-state index in [9.17, 15) is 4.79 Å². The van der Waals surface area contributed by atoms with Crippen LogP contribution in [-0.2, 0) is 4.79 Å². The van der Waals surface area contributed by atoms with E-state index in [4.69, 9.17) is 46.4 Å². The van der Waals surface area contributed by atoms with Gasteiger partial charge in [-0.15, -0.1) is 11.6 Å². The Bertz CT molecular complexity index is 243. The molecule has 1 saturated carbocycles. The standard InChI is InChI=1S/C8H10Cl4O/c1-6(2)3-5(13)7(6,9)4-8(10,11)12/h3-4H2,1-2H3. The van der Waals surface area contributed by atoms with Gasteiger partial charge in [-0.05, 0) is 5.41 Å². The fraction of sp³-hybridized carbons (Fsp3) is 0.875. The first kappa shape index (κ1) is 11.9. The van der Waals surface area contributed by atoms with E-state index in [1.54, 1.807) is 0 Å². The van der Waals surface area contributed by atoms with Crippen molar-refractivity contribution < 1.29 is 4.79 Å². The smallest absolute Gasteiger partial charge is 0.192 e. The van der Waals surface area contributed by atoms with Crippen molar-refractivity contribution >= 4 is 52.2 Å². The first-order valence-electron chi connectivity index (χ1n) is 3.87. The van der Waals surface area contributed by atoms with Crippen LogP contribution in [0.5, 0.6) is 0 Å². The Morgan fingerprint density at radius 2 is 1.85 bits per heavy atom. The second-order valence-corrected chi connectivity index (χ2v) is 7.24. The molecule has 0 amide bonds. The minimum atomic E-state index is -1.46. The zero-order valence-electron chi connectivity index (χ0n) is 7.33. The molecule has 5 heteroatoms. The minimum absolute atomic E-state index is 0.0366. The molecular weight excluding hydrogens is 254 g/mol. The van der Waals surface area contributed by atoms with Gasteiger partial charge in [0, 0.05) is 12.8 Å². The van der Waals surface area contributed by atoms with Crippen LogP contribution in [0.3, 0.4) is 0 Å². The quantitative estimate of drug-likeness (QED) is 0.659. The van der Waals surface area contributed by atoms with Gasteiger partial charge in [-0.25, -0.2) is 0 Å². The summed E-state index contributed by atoms with van der Waals surface area (Å²) in [5.41, 5.74) is -0.282. The molecule has 1 nitrogen and oxygen atoms in total. The summed E-state index contributed by atoms with van der Waals surface area (Å²) in [6, 6.07) is 0. The zero-order valence-corrected chi connectivity index (χ0v) is 10.4. The Morgan fingerprint density at radius 3 is 2.00 bits per heavy atom. The lowest BCUT2D eigenvalue weighted by Gasteiger charge is -2.51. The molecule has 1 aliphatic rings. The van der Waals surface area contributed by atoms with Gasteiger partial charge in [0.15, 0.2) is 9.58 Å². The molecule has 0 bridgehead atoms. The number of rotatable bonds is 1. The van der Waals surface area contributed by atoms with Crippen molar-refractivity contribution in [1.29, 1.82) is 0 Å². The molecule has 0 saturated heterocycles. The van der Waals surface area contributed by atoms with Gasteiger partial charge in [0.05, 0.1) is 0 Å². The van der Waals surface area contributed by atoms with Crippen molar-refractivity contribution in [2.24, 2.45) is 5.41 Å². The Balaban J connectivity index is 2.82. The summed E-state index contributed by atoms with van der Waals surface area (Å²) in [5.74, 6) is -0.0366. The molecule has 0 spiro atoms. The second kappa shape index (κ2) is 3.16. The predicted octanol–water partition coefficient (Wildman–Crippen LogP) is 3.72. The number of carbonyl (C=O) groups excluding carboxylic acids is 1. The summed E-state index contributed by atoms with van der Waals surface area (Å²) in [5, 5.41) is 0. The van der Waals surface area contributed by atoms with Crippen LogP contribution >= 0.6 is 46.4 Å². The third kappa shape index (κ3) is 2.09. The highest BCUT2D eigenvalue weighted by molar-refractivity contribution is 6.68. The van der Waals surface area contributed by atoms with Crippen LogP contribution in [-0.4, -0.2) is 14.4 Å². The predicted molar refractivity (Wildman–Crippen MR) is 56.9 cm³/mol. The summed E-state index contributed by atoms with van der Waals surface area (Å²) >= 11 is 23.0. The highest BCUT2D eigenvalue weighted by Crippen LogP contribution is 2.56. The Kier molecular flexibility index (Phi) is 2.89. The number of carbonyl (C=O) groups is 1. The van der Waals surface area contributed by atoms with Crippen LogP contribution in [0.15, 0.2) is 0 Å². The molecule has 0 aromatic carbocycles. The molecular formula is C8H10Cl4O. The van der Waals surface area contributed by atoms with E-state index in [1.165, 1.54) is 0 Å². The number of Topliss-reactive ketones (excluding diaryl/α,β-unsaturated/α-hetero) is 1. The molecule has 1 atom stereocenters. The van der Waals surface area contributed by atoms with Crippen LogP contribution < -0.4 is 0 Å². The summed E-state index contributed by atoms with van der Waals surface area (Å²) in [6.07, 6.45) is 0.523. The Morgan fingerprint density at radius 1 is 1.38 bits per heavy atom. The number of hydrogen-bond acceptors (Lipinski definition) is 1. The monoisotopic (exact) mass is 262 g/mol. The summed E-state index contributed by atoms with van der Waals surface area (Å²) in [6.45, 7) is 3.80. The molecule has 0 aliphatic heterocycles. The van der Waals surface area contributed by atoms with E-state index in [2.05, 4.69) is 0 Å². The summed E-state index contributed by atoms with van der Waals surface area (Å²) < 4.78 is -1.46. The molecule has 13 heavy (non-hydrogen) atoms. The van der Waals surface area contributed by atoms with Crippen molar-refractivity contribution in [3.8, 4) is 0 Å². The van der Waals surface area contributed by atoms with Crippen LogP contribution in [0, 0.1) is 5.41 Å². The van der Waals surface area contributed by atoms with Crippen molar-refractivity contribution in [1.82, 2.24) is 0 Å². The topological polar surface area (TPSA) is 17.1 Å². The SMILES string of the molecule is CC1(C)CC(=O)C1(Cl)CC(Cl)(Cl)Cl. The van der Waals surface area contributed by atoms with E-state index in [0.29, 0.717) is 6.42 Å². The van der Waals surface area contributed by atoms with Gasteiger partial charge in [-0.3, -0.25) is 4.79 Å². The maximum atomic E-state index is 11.3. The lowest BCUT2D eigenvalue weighted by atomic mass is 9.59. The van der Waals surface area contributed by atoms with Crippen LogP contribution in [0.1, 0.15) is 26.7 Å². The molecule has 0 aromatic heterocycles. The molecule has 0 N–H and O–H groups in total. The van der Waals surface area contributed by atoms with Gasteiger partial charge in [-0.2, -0.15) is 0 Å². The number of alkyl halides is 4. The van der Waals surface area contributed by atoms with Crippen LogP contribution in [0.25, 0.3) is 0 Å². The molecule has 0 aromatic rings. The summed E-state index contributed by atoms with van der Waals surface area (Å²) in [7, 11) is 0. The van der Waals surface area contributed by atoms with Crippen LogP contribution in [0.2, 0.25) is 0 Å². The van der Waals surface area contributed by atoms with E-state index in [-0.39, 0.29) is 17.6 Å². The molecule has 0 radical (unpaired) electrons. The van der Waals surface area contributed by atoms with Gasteiger partial charge >= 0.3 is 0 Å². The molecule has 0 heterocycles. The van der Waals surface area contributed by atoms with Crippen LogP contribution in [0.4, 0.5) is 0 Å². The second-order valence-electron chi connectivity index (χ2n) is 4.08. The fourth-order valence-corrected chi connectivity index (χ4v) is 2.71. The summed E-state index contributed by atoms with van der Waals surface area (Å²) in [4.78, 5) is 10.3. The first-order chi connectivity index (χ1) is 5.58. The fourth-order valence-electron chi connectivity index (χ4n) is 1.57. The zero-order chi connectivity index (χ0) is 10.5. The maximum absolute atomic E-state index is 11.3. The number of ketones is 1. The van der Waals surface area contributed by atoms with Gasteiger partial charge in [-0.1, -0.05) is 48.7 Å². The van der Waals surface area contributed by atoms with Crippen molar-refractivity contribution in [3.05, 3.63) is 0 Å². The van der Waals surface area contributed by atoms with E-state index >= 15 is 0 Å². The lowest BCUT2D eigenvalue weighted by molar-refractivity contribution is -0.137. The molecule has 1 unspecified atom stereocenters. The average molecular weight is 264 g/mol. The van der Waals surface area contributed by atoms with Gasteiger partial charge < -0.3 is 0 Å². The van der Waals surface area contributed by atoms with Gasteiger partial charge in [0.2, 0.25) is 0 Å². The van der Waals surface area contributed by atoms with Crippen molar-refractivity contribution in [2.45, 2.75) is 35.4 Å². The van der Waals surface area contributed by atoms with Gasteiger partial charge in [0.1, 0.15) is 4.87 Å². The Labute approximate surface area is 97.7 Å². The average Bonchev–Trinajstić information content (AvgIpc) is 1.82. The van der Waals surface area contributed by atoms with E-state index < -0.39 is 8.67 Å². The normalized spacial score (nSPS) is 32.9. The molecule has 1 fully saturated rings. The highest BCUT2D eigenvalue weighted by Gasteiger charge is 2.61. The van der Waals surface area contributed by atoms with E-state index in [0.717, 1.165) is 0 Å². The largest absolute Gasteiger partial charge is 0.298 e. The number of halogens is 4. The third-order valence-corrected chi connectivity index (χ3v) is 3.82. The highest BCUT2D eigenvalue weighted by atomic mass is 35.6. The first-order valence-corrected chi connectivity index (χ1v) is 5.39. The molecule has 1 aliphatic carbocycles. The Hall–Kier alpha value is 0.830. The maximum Gasteiger partial charge on any atom is 0.192 e. The number of hydrogen-bond donors (Lipinski definition) is 0. The van der Waals surface area contributed by atoms with Crippen molar-refractivity contribution in [3.63, 3.8) is 0 Å². The van der Waals surface area contributed by atoms with Gasteiger partial charge in [0.25, 0.3) is 0 Å². The molecule has 1 rings (SSSR count). The third-order valence-electron chi connectivity index (χ3n) is 2.56. The lowest BCUT2D eigenvalue weighted by Crippen LogP contribution is -2.59. The molecule has 76 valence electrons. The minimum Gasteiger partial charge on any atom is -0.298 e.